The third kappa shape index (κ3) is 5.14. The number of rotatable bonds is 7. The first-order valence-electron chi connectivity index (χ1n) is 12.7. The van der Waals surface area contributed by atoms with Crippen molar-refractivity contribution in [3.8, 4) is 11.2 Å². The molecule has 1 N–H and O–H groups in total. The molecule has 222 valence electrons. The van der Waals surface area contributed by atoms with Gasteiger partial charge in [0.25, 0.3) is 6.43 Å². The Balaban J connectivity index is 1.49. The molecule has 2 aliphatic rings. The van der Waals surface area contributed by atoms with E-state index < -0.39 is 45.8 Å². The van der Waals surface area contributed by atoms with Gasteiger partial charge in [-0.25, -0.2) is 27.2 Å². The molecule has 4 aromatic rings. The van der Waals surface area contributed by atoms with Gasteiger partial charge >= 0.3 is 6.18 Å². The highest BCUT2D eigenvalue weighted by molar-refractivity contribution is 7.89. The Labute approximate surface area is 239 Å². The highest BCUT2D eigenvalue weighted by atomic mass is 32.2. The van der Waals surface area contributed by atoms with E-state index in [-0.39, 0.29) is 40.8 Å². The largest absolute Gasteiger partial charge is 0.401 e. The van der Waals surface area contributed by atoms with Crippen LogP contribution in [0.25, 0.3) is 27.1 Å². The van der Waals surface area contributed by atoms with Crippen LogP contribution in [0.4, 0.5) is 27.8 Å². The number of fused-ring (bicyclic) bond motifs is 3. The summed E-state index contributed by atoms with van der Waals surface area (Å²) in [5.41, 5.74) is -0.678. The lowest BCUT2D eigenvalue weighted by atomic mass is 10.1. The van der Waals surface area contributed by atoms with Crippen LogP contribution >= 0.6 is 11.3 Å². The smallest absolute Gasteiger partial charge is 0.353 e. The molecule has 11 nitrogen and oxygen atoms in total. The molecule has 1 aliphatic heterocycles. The van der Waals surface area contributed by atoms with E-state index in [1.165, 1.54) is 34.0 Å². The van der Waals surface area contributed by atoms with E-state index in [4.69, 9.17) is 0 Å². The van der Waals surface area contributed by atoms with Crippen LogP contribution in [-0.2, 0) is 10.0 Å². The maximum absolute atomic E-state index is 13.4. The van der Waals surface area contributed by atoms with Crippen LogP contribution in [0.15, 0.2) is 29.4 Å². The molecule has 2 fully saturated rings. The van der Waals surface area contributed by atoms with E-state index in [1.807, 2.05) is 11.0 Å². The van der Waals surface area contributed by atoms with Crippen molar-refractivity contribution >= 4 is 49.1 Å². The van der Waals surface area contributed by atoms with Crippen molar-refractivity contribution in [1.82, 2.24) is 34.4 Å². The Morgan fingerprint density at radius 2 is 1.98 bits per heavy atom. The molecule has 18 heteroatoms. The number of hydrogen-bond acceptors (Lipinski definition) is 10. The van der Waals surface area contributed by atoms with E-state index in [2.05, 4.69) is 24.9 Å². The van der Waals surface area contributed by atoms with E-state index in [0.717, 1.165) is 0 Å². The molecule has 1 saturated heterocycles. The Morgan fingerprint density at radius 1 is 1.21 bits per heavy atom. The van der Waals surface area contributed by atoms with Crippen molar-refractivity contribution in [2.45, 2.75) is 48.8 Å². The number of halogens is 5. The molecule has 0 amide bonds. The minimum Gasteiger partial charge on any atom is -0.353 e. The highest BCUT2D eigenvalue weighted by Gasteiger charge is 2.47. The third-order valence-electron chi connectivity index (χ3n) is 7.36. The van der Waals surface area contributed by atoms with Gasteiger partial charge in [0.1, 0.15) is 17.7 Å². The molecule has 0 spiro atoms. The summed E-state index contributed by atoms with van der Waals surface area (Å²) in [5, 5.41) is 17.2. The van der Waals surface area contributed by atoms with Crippen molar-refractivity contribution < 1.29 is 30.4 Å². The van der Waals surface area contributed by atoms with Crippen LogP contribution in [-0.4, -0.2) is 82.0 Å². The summed E-state index contributed by atoms with van der Waals surface area (Å²) in [6, 6.07) is 5.73. The van der Waals surface area contributed by atoms with E-state index in [0.29, 0.717) is 40.8 Å². The average Bonchev–Trinajstić information content (AvgIpc) is 3.36. The zero-order valence-corrected chi connectivity index (χ0v) is 23.4. The number of hydrogen-bond donors (Lipinski definition) is 1. The maximum atomic E-state index is 13.4. The van der Waals surface area contributed by atoms with Crippen LogP contribution in [0.3, 0.4) is 0 Å². The molecular weight excluding hydrogens is 605 g/mol. The number of sulfonamides is 1. The highest BCUT2D eigenvalue weighted by Crippen LogP contribution is 2.40. The van der Waals surface area contributed by atoms with E-state index >= 15 is 0 Å². The summed E-state index contributed by atoms with van der Waals surface area (Å²) in [6.07, 6.45) is -5.23. The Hall–Kier alpha value is -3.53. The minimum atomic E-state index is -4.34. The molecule has 3 aromatic heterocycles. The minimum absolute atomic E-state index is 0.0107. The second kappa shape index (κ2) is 10.0. The summed E-state index contributed by atoms with van der Waals surface area (Å²) in [7, 11) is -4.15. The van der Waals surface area contributed by atoms with E-state index in [1.54, 1.807) is 6.92 Å². The Bertz CT molecular complexity index is 1830. The van der Waals surface area contributed by atoms with Crippen molar-refractivity contribution in [2.24, 2.45) is 0 Å². The number of aromatic nitrogens is 5. The number of nitrogens with one attached hydrogen (secondary N) is 1. The molecule has 1 aliphatic carbocycles. The van der Waals surface area contributed by atoms with Gasteiger partial charge in [0.15, 0.2) is 10.7 Å². The SMILES string of the molecule is CC1CN(c2ncnc3c2c2ccc(S(=O)(=O)NC4(C#N)CC4)cc2n3-c2nnc(C(F)F)s2)CCN1CC(F)(F)F. The molecule has 1 saturated carbocycles. The van der Waals surface area contributed by atoms with Crippen LogP contribution in [0.5, 0.6) is 0 Å². The van der Waals surface area contributed by atoms with Crippen molar-refractivity contribution in [1.29, 1.82) is 5.26 Å². The Kier molecular flexibility index (Phi) is 6.83. The fraction of sp³-hybridized carbons (Fsp3) is 0.458. The molecule has 4 heterocycles. The first-order chi connectivity index (χ1) is 19.8. The molecular formula is C24H22F5N9O2S2. The standard InChI is InChI=1S/C24H22F5N9O2S2/c1-13-9-36(6-7-37(13)11-24(27,28)29)19-17-15-3-2-14(42(39,40)35-23(10-30)4-5-23)8-16(15)38(20(17)32-12-31-19)22-34-33-21(41-22)18(25)26/h2-3,8,12-13,18,35H,4-7,9,11H2,1H3. The molecule has 42 heavy (non-hydrogen) atoms. The van der Waals surface area contributed by atoms with Crippen LogP contribution in [0.1, 0.15) is 31.2 Å². The first kappa shape index (κ1) is 28.6. The summed E-state index contributed by atoms with van der Waals surface area (Å²) in [6.45, 7) is 1.21. The van der Waals surface area contributed by atoms with Gasteiger partial charge in [-0.2, -0.15) is 23.2 Å². The van der Waals surface area contributed by atoms with E-state index in [9.17, 15) is 35.6 Å². The van der Waals surface area contributed by atoms with Crippen molar-refractivity contribution in [2.75, 3.05) is 31.1 Å². The molecule has 6 rings (SSSR count). The predicted octanol–water partition coefficient (Wildman–Crippen LogP) is 3.77. The lowest BCUT2D eigenvalue weighted by molar-refractivity contribution is -0.150. The number of nitrogens with zero attached hydrogens (tertiary/aromatic N) is 8. The summed E-state index contributed by atoms with van der Waals surface area (Å²) >= 11 is 0.608. The normalized spacial score (nSPS) is 19.6. The van der Waals surface area contributed by atoms with Gasteiger partial charge in [-0.05, 0) is 31.9 Å². The molecule has 1 unspecified atom stereocenters. The summed E-state index contributed by atoms with van der Waals surface area (Å²) in [5.74, 6) is 0.399. The van der Waals surface area contributed by atoms with Crippen LogP contribution in [0, 0.1) is 11.3 Å². The van der Waals surface area contributed by atoms with Crippen molar-refractivity contribution in [3.05, 3.63) is 29.5 Å². The number of benzene rings is 1. The molecule has 1 atom stereocenters. The predicted molar refractivity (Wildman–Crippen MR) is 142 cm³/mol. The topological polar surface area (TPSA) is 133 Å². The number of anilines is 1. The van der Waals surface area contributed by atoms with Gasteiger partial charge in [0.05, 0.1) is 28.4 Å². The van der Waals surface area contributed by atoms with Gasteiger partial charge in [-0.3, -0.25) is 9.47 Å². The van der Waals surface area contributed by atoms with Gasteiger partial charge in [0.2, 0.25) is 15.2 Å². The summed E-state index contributed by atoms with van der Waals surface area (Å²) < 4.78 is 96.3. The van der Waals surface area contributed by atoms with Crippen LogP contribution < -0.4 is 9.62 Å². The van der Waals surface area contributed by atoms with Gasteiger partial charge in [-0.15, -0.1) is 10.2 Å². The Morgan fingerprint density at radius 3 is 2.60 bits per heavy atom. The second-order valence-electron chi connectivity index (χ2n) is 10.3. The van der Waals surface area contributed by atoms with Gasteiger partial charge in [-0.1, -0.05) is 17.4 Å². The van der Waals surface area contributed by atoms with Gasteiger partial charge in [0, 0.05) is 31.1 Å². The first-order valence-corrected chi connectivity index (χ1v) is 15.0. The fourth-order valence-electron chi connectivity index (χ4n) is 5.14. The molecule has 0 bridgehead atoms. The van der Waals surface area contributed by atoms with Crippen molar-refractivity contribution in [3.63, 3.8) is 0 Å². The maximum Gasteiger partial charge on any atom is 0.401 e. The monoisotopic (exact) mass is 627 g/mol. The zero-order chi connectivity index (χ0) is 30.0. The lowest BCUT2D eigenvalue weighted by Gasteiger charge is -2.40. The number of nitriles is 1. The number of alkyl halides is 5. The van der Waals surface area contributed by atoms with Gasteiger partial charge < -0.3 is 4.90 Å². The average molecular weight is 628 g/mol. The van der Waals surface area contributed by atoms with Crippen LogP contribution in [0.2, 0.25) is 0 Å². The zero-order valence-electron chi connectivity index (χ0n) is 21.8. The fourth-order valence-corrected chi connectivity index (χ4v) is 7.25. The summed E-state index contributed by atoms with van der Waals surface area (Å²) in [4.78, 5) is 11.8. The third-order valence-corrected chi connectivity index (χ3v) is 9.81. The lowest BCUT2D eigenvalue weighted by Crippen LogP contribution is -2.54. The molecule has 1 aromatic carbocycles. The number of piperazine rings is 1. The molecule has 0 radical (unpaired) electrons. The second-order valence-corrected chi connectivity index (χ2v) is 13.0. The quantitative estimate of drug-likeness (QED) is 0.304.